The molecule has 0 unspecified atom stereocenters. The SMILES string of the molecule is O=S(=O)(Nc1ccncn1)c1cc(Cl)c(NC2(c3ccccc3F)CC2)cc1F. The average Bonchev–Trinajstić information content (AvgIpc) is 3.45. The Labute approximate surface area is 171 Å². The van der Waals surface area contributed by atoms with E-state index in [1.807, 2.05) is 0 Å². The lowest BCUT2D eigenvalue weighted by Crippen LogP contribution is -2.21. The zero-order valence-corrected chi connectivity index (χ0v) is 16.4. The highest BCUT2D eigenvalue weighted by Crippen LogP contribution is 2.50. The average molecular weight is 437 g/mol. The van der Waals surface area contributed by atoms with Gasteiger partial charge in [-0.25, -0.2) is 27.2 Å². The van der Waals surface area contributed by atoms with Crippen LogP contribution in [0.15, 0.2) is 59.9 Å². The van der Waals surface area contributed by atoms with Gasteiger partial charge in [0.15, 0.2) is 0 Å². The molecule has 0 radical (unpaired) electrons. The van der Waals surface area contributed by atoms with Crippen LogP contribution < -0.4 is 10.0 Å². The number of aromatic nitrogens is 2. The number of halogens is 3. The number of nitrogens with zero attached hydrogens (tertiary/aromatic N) is 2. The van der Waals surface area contributed by atoms with Gasteiger partial charge < -0.3 is 5.32 Å². The fourth-order valence-electron chi connectivity index (χ4n) is 3.07. The van der Waals surface area contributed by atoms with Crippen LogP contribution in [-0.4, -0.2) is 18.4 Å². The number of benzene rings is 2. The van der Waals surface area contributed by atoms with Crippen LogP contribution >= 0.6 is 11.6 Å². The van der Waals surface area contributed by atoms with E-state index in [1.54, 1.807) is 18.2 Å². The molecule has 1 aliphatic carbocycles. The normalized spacial score (nSPS) is 15.0. The number of nitrogens with one attached hydrogen (secondary N) is 2. The molecule has 0 saturated heterocycles. The van der Waals surface area contributed by atoms with Crippen LogP contribution in [0.2, 0.25) is 5.02 Å². The van der Waals surface area contributed by atoms with Crippen molar-refractivity contribution in [1.82, 2.24) is 9.97 Å². The van der Waals surface area contributed by atoms with Gasteiger partial charge in [-0.15, -0.1) is 0 Å². The second-order valence-corrected chi connectivity index (χ2v) is 8.71. The minimum Gasteiger partial charge on any atom is -0.374 e. The Kier molecular flexibility index (Phi) is 4.87. The highest BCUT2D eigenvalue weighted by atomic mass is 35.5. The van der Waals surface area contributed by atoms with Crippen molar-refractivity contribution in [3.05, 3.63) is 77.2 Å². The molecule has 1 saturated carbocycles. The Morgan fingerprint density at radius 1 is 1.07 bits per heavy atom. The van der Waals surface area contributed by atoms with Crippen LogP contribution in [0.4, 0.5) is 20.3 Å². The minimum atomic E-state index is -4.26. The molecule has 6 nitrogen and oxygen atoms in total. The monoisotopic (exact) mass is 436 g/mol. The van der Waals surface area contributed by atoms with Crippen molar-refractivity contribution in [2.24, 2.45) is 0 Å². The molecule has 0 atom stereocenters. The molecule has 2 N–H and O–H groups in total. The molecular weight excluding hydrogens is 422 g/mol. The third-order valence-corrected chi connectivity index (χ3v) is 6.33. The number of rotatable bonds is 6. The molecule has 150 valence electrons. The van der Waals surface area contributed by atoms with E-state index >= 15 is 0 Å². The van der Waals surface area contributed by atoms with E-state index in [1.165, 1.54) is 18.3 Å². The highest BCUT2D eigenvalue weighted by Gasteiger charge is 2.46. The standard InChI is InChI=1S/C19H15ClF2N4O2S/c20-13-9-17(29(27,28)26-18-5-8-23-11-24-18)15(22)10-16(13)25-19(6-7-19)12-3-1-2-4-14(12)21/h1-5,8-11,25H,6-7H2,(H,23,24,26). The lowest BCUT2D eigenvalue weighted by Gasteiger charge is -2.21. The lowest BCUT2D eigenvalue weighted by molar-refractivity contribution is 0.570. The smallest absolute Gasteiger partial charge is 0.266 e. The van der Waals surface area contributed by atoms with E-state index in [-0.39, 0.29) is 22.3 Å². The van der Waals surface area contributed by atoms with Gasteiger partial charge in [0.2, 0.25) is 0 Å². The van der Waals surface area contributed by atoms with Crippen LogP contribution in [0.5, 0.6) is 0 Å². The first-order valence-electron chi connectivity index (χ1n) is 8.62. The summed E-state index contributed by atoms with van der Waals surface area (Å²) in [6, 6.07) is 9.66. The van der Waals surface area contributed by atoms with Crippen molar-refractivity contribution >= 4 is 33.1 Å². The molecule has 1 heterocycles. The number of anilines is 2. The van der Waals surface area contributed by atoms with E-state index < -0.39 is 26.3 Å². The molecule has 1 aromatic heterocycles. The molecule has 3 aromatic rings. The maximum Gasteiger partial charge on any atom is 0.266 e. The first kappa shape index (κ1) is 19.5. The third-order valence-electron chi connectivity index (χ3n) is 4.65. The fraction of sp³-hybridized carbons (Fsp3) is 0.158. The van der Waals surface area contributed by atoms with Crippen molar-refractivity contribution in [2.45, 2.75) is 23.3 Å². The molecule has 1 aliphatic rings. The van der Waals surface area contributed by atoms with Gasteiger partial charge in [0, 0.05) is 11.8 Å². The molecular formula is C19H15ClF2N4O2S. The van der Waals surface area contributed by atoms with Gasteiger partial charge in [0.1, 0.15) is 28.7 Å². The van der Waals surface area contributed by atoms with Crippen LogP contribution in [0, 0.1) is 11.6 Å². The van der Waals surface area contributed by atoms with E-state index in [2.05, 4.69) is 20.0 Å². The lowest BCUT2D eigenvalue weighted by atomic mass is 10.0. The van der Waals surface area contributed by atoms with E-state index in [4.69, 9.17) is 11.6 Å². The second-order valence-electron chi connectivity index (χ2n) is 6.65. The van der Waals surface area contributed by atoms with Gasteiger partial charge in [-0.3, -0.25) is 4.72 Å². The Hall–Kier alpha value is -2.78. The van der Waals surface area contributed by atoms with Gasteiger partial charge in [0.05, 0.1) is 16.2 Å². The quantitative estimate of drug-likeness (QED) is 0.601. The molecule has 0 bridgehead atoms. The first-order valence-corrected chi connectivity index (χ1v) is 10.5. The summed E-state index contributed by atoms with van der Waals surface area (Å²) in [4.78, 5) is 6.82. The van der Waals surface area contributed by atoms with Gasteiger partial charge in [-0.1, -0.05) is 29.8 Å². The number of hydrogen-bond donors (Lipinski definition) is 2. The van der Waals surface area contributed by atoms with Gasteiger partial charge in [-0.2, -0.15) is 0 Å². The molecule has 0 amide bonds. The van der Waals surface area contributed by atoms with Gasteiger partial charge >= 0.3 is 0 Å². The number of hydrogen-bond acceptors (Lipinski definition) is 5. The summed E-state index contributed by atoms with van der Waals surface area (Å²) in [5.41, 5.74) is -0.0504. The van der Waals surface area contributed by atoms with Crippen molar-refractivity contribution in [2.75, 3.05) is 10.0 Å². The third kappa shape index (κ3) is 3.88. The minimum absolute atomic E-state index is 0.00271. The van der Waals surface area contributed by atoms with Crippen LogP contribution in [0.25, 0.3) is 0 Å². The zero-order valence-electron chi connectivity index (χ0n) is 14.9. The fourth-order valence-corrected chi connectivity index (χ4v) is 4.44. The highest BCUT2D eigenvalue weighted by molar-refractivity contribution is 7.92. The maximum absolute atomic E-state index is 14.7. The van der Waals surface area contributed by atoms with Crippen LogP contribution in [0.1, 0.15) is 18.4 Å². The summed E-state index contributed by atoms with van der Waals surface area (Å²) < 4.78 is 56.1. The maximum atomic E-state index is 14.7. The summed E-state index contributed by atoms with van der Waals surface area (Å²) in [5, 5.41) is 3.07. The topological polar surface area (TPSA) is 84.0 Å². The molecule has 2 aromatic carbocycles. The summed E-state index contributed by atoms with van der Waals surface area (Å²) in [6.45, 7) is 0. The molecule has 1 fully saturated rings. The van der Waals surface area contributed by atoms with Gasteiger partial charge in [0.25, 0.3) is 10.0 Å². The van der Waals surface area contributed by atoms with Crippen molar-refractivity contribution < 1.29 is 17.2 Å². The van der Waals surface area contributed by atoms with E-state index in [9.17, 15) is 17.2 Å². The molecule has 29 heavy (non-hydrogen) atoms. The zero-order chi connectivity index (χ0) is 20.6. The number of sulfonamides is 1. The summed E-state index contributed by atoms with van der Waals surface area (Å²) in [5.74, 6) is -1.38. The van der Waals surface area contributed by atoms with Crippen LogP contribution in [0.3, 0.4) is 0 Å². The first-order chi connectivity index (χ1) is 13.8. The second kappa shape index (κ2) is 7.23. The van der Waals surface area contributed by atoms with Crippen LogP contribution in [-0.2, 0) is 15.6 Å². The molecule has 4 rings (SSSR count). The summed E-state index contributed by atoms with van der Waals surface area (Å²) in [6.07, 6.45) is 3.79. The van der Waals surface area contributed by atoms with E-state index in [0.29, 0.717) is 18.4 Å². The van der Waals surface area contributed by atoms with Gasteiger partial charge in [-0.05, 0) is 37.1 Å². The molecule has 0 aliphatic heterocycles. The Bertz CT molecular complexity index is 1170. The van der Waals surface area contributed by atoms with Crippen molar-refractivity contribution in [3.8, 4) is 0 Å². The summed E-state index contributed by atoms with van der Waals surface area (Å²) >= 11 is 6.23. The van der Waals surface area contributed by atoms with E-state index in [0.717, 1.165) is 18.5 Å². The Balaban J connectivity index is 1.64. The Morgan fingerprint density at radius 2 is 1.83 bits per heavy atom. The molecule has 10 heteroatoms. The summed E-state index contributed by atoms with van der Waals surface area (Å²) in [7, 11) is -4.26. The van der Waals surface area contributed by atoms with Crippen molar-refractivity contribution in [3.63, 3.8) is 0 Å². The molecule has 0 spiro atoms. The largest absolute Gasteiger partial charge is 0.374 e. The Morgan fingerprint density at radius 3 is 2.48 bits per heavy atom. The van der Waals surface area contributed by atoms with Crippen molar-refractivity contribution in [1.29, 1.82) is 0 Å². The predicted octanol–water partition coefficient (Wildman–Crippen LogP) is 4.31. The predicted molar refractivity (Wildman–Crippen MR) is 105 cm³/mol.